The van der Waals surface area contributed by atoms with Crippen LogP contribution in [-0.2, 0) is 11.3 Å². The van der Waals surface area contributed by atoms with Crippen LogP contribution in [-0.4, -0.2) is 51.8 Å². The zero-order chi connectivity index (χ0) is 17.8. The first-order chi connectivity index (χ1) is 12.0. The van der Waals surface area contributed by atoms with Crippen LogP contribution >= 0.6 is 11.8 Å². The molecule has 9 nitrogen and oxygen atoms in total. The van der Waals surface area contributed by atoms with E-state index in [1.165, 1.54) is 0 Å². The molecule has 10 heteroatoms. The summed E-state index contributed by atoms with van der Waals surface area (Å²) < 4.78 is 11.0. The smallest absolute Gasteiger partial charge is 0.233 e. The van der Waals surface area contributed by atoms with E-state index < -0.39 is 0 Å². The number of amides is 1. The van der Waals surface area contributed by atoms with Crippen molar-refractivity contribution in [2.24, 2.45) is 0 Å². The second-order valence-corrected chi connectivity index (χ2v) is 6.29. The van der Waals surface area contributed by atoms with Crippen LogP contribution in [0.2, 0.25) is 0 Å². The number of nitrogens with zero attached hydrogens (tertiary/aromatic N) is 4. The molecule has 1 aliphatic rings. The van der Waals surface area contributed by atoms with Gasteiger partial charge in [0.25, 0.3) is 0 Å². The second kappa shape index (κ2) is 7.43. The Balaban J connectivity index is 1.57. The molecule has 0 spiro atoms. The molecule has 132 valence electrons. The van der Waals surface area contributed by atoms with Gasteiger partial charge in [-0.05, 0) is 17.7 Å². The van der Waals surface area contributed by atoms with Gasteiger partial charge in [-0.25, -0.2) is 0 Å². The number of thioether (sulfide) groups is 1. The number of carbonyl (C=O) groups is 1. The van der Waals surface area contributed by atoms with Gasteiger partial charge in [0.05, 0.1) is 5.75 Å². The molecule has 1 aliphatic heterocycles. The second-order valence-electron chi connectivity index (χ2n) is 5.35. The summed E-state index contributed by atoms with van der Waals surface area (Å²) >= 11 is 1.16. The third-order valence-electron chi connectivity index (χ3n) is 3.43. The minimum Gasteiger partial charge on any atom is -0.486 e. The van der Waals surface area contributed by atoms with Gasteiger partial charge in [0.1, 0.15) is 13.2 Å². The number of carbonyl (C=O) groups excluding carboxylic acids is 1. The molecule has 0 saturated heterocycles. The molecule has 1 aromatic carbocycles. The van der Waals surface area contributed by atoms with Crippen LogP contribution in [0.5, 0.6) is 11.5 Å². The molecule has 0 atom stereocenters. The standard InChI is InChI=1S/C15H18N6O3S/c1-21(7-9-2-3-10-11(6-9)24-5-4-23-10)12(22)8-25-15-19-13(16)18-14(17)20-15/h2-3,6H,4-5,7-8H2,1H3,(H4,16,17,18,19,20). The number of hydrogen-bond donors (Lipinski definition) is 2. The summed E-state index contributed by atoms with van der Waals surface area (Å²) in [5, 5.41) is 0.325. The van der Waals surface area contributed by atoms with Crippen molar-refractivity contribution < 1.29 is 14.3 Å². The highest BCUT2D eigenvalue weighted by Gasteiger charge is 2.15. The molecule has 3 rings (SSSR count). The van der Waals surface area contributed by atoms with E-state index in [1.807, 2.05) is 18.2 Å². The Kier molecular flexibility index (Phi) is 5.08. The van der Waals surface area contributed by atoms with Gasteiger partial charge in [-0.15, -0.1) is 0 Å². The molecular formula is C15H18N6O3S. The first kappa shape index (κ1) is 17.1. The molecule has 2 aromatic rings. The Bertz CT molecular complexity index is 768. The number of rotatable bonds is 5. The number of fused-ring (bicyclic) bond motifs is 1. The number of nitrogens with two attached hydrogens (primary N) is 2. The van der Waals surface area contributed by atoms with E-state index in [1.54, 1.807) is 11.9 Å². The summed E-state index contributed by atoms with van der Waals surface area (Å²) in [6.07, 6.45) is 0. The van der Waals surface area contributed by atoms with Crippen LogP contribution in [0.4, 0.5) is 11.9 Å². The van der Waals surface area contributed by atoms with E-state index in [0.29, 0.717) is 30.7 Å². The average Bonchev–Trinajstić information content (AvgIpc) is 2.58. The third-order valence-corrected chi connectivity index (χ3v) is 4.26. The number of anilines is 2. The lowest BCUT2D eigenvalue weighted by molar-refractivity contribution is -0.127. The summed E-state index contributed by atoms with van der Waals surface area (Å²) in [7, 11) is 1.73. The minimum absolute atomic E-state index is 0.0343. The van der Waals surface area contributed by atoms with Gasteiger partial charge in [-0.3, -0.25) is 4.79 Å². The number of aromatic nitrogens is 3. The Morgan fingerprint density at radius 2 is 1.84 bits per heavy atom. The van der Waals surface area contributed by atoms with Crippen LogP contribution < -0.4 is 20.9 Å². The molecule has 25 heavy (non-hydrogen) atoms. The zero-order valence-electron chi connectivity index (χ0n) is 13.6. The number of hydrogen-bond acceptors (Lipinski definition) is 9. The Morgan fingerprint density at radius 3 is 2.56 bits per heavy atom. The lowest BCUT2D eigenvalue weighted by Gasteiger charge is -2.21. The predicted octanol–water partition coefficient (Wildman–Crippen LogP) is 0.558. The largest absolute Gasteiger partial charge is 0.486 e. The fourth-order valence-electron chi connectivity index (χ4n) is 2.24. The number of benzene rings is 1. The van der Waals surface area contributed by atoms with Crippen molar-refractivity contribution in [2.45, 2.75) is 11.7 Å². The van der Waals surface area contributed by atoms with E-state index in [4.69, 9.17) is 20.9 Å². The van der Waals surface area contributed by atoms with Crippen LogP contribution in [0.25, 0.3) is 0 Å². The van der Waals surface area contributed by atoms with Crippen LogP contribution in [0.1, 0.15) is 5.56 Å². The van der Waals surface area contributed by atoms with Gasteiger partial charge in [0, 0.05) is 13.6 Å². The maximum atomic E-state index is 12.3. The zero-order valence-corrected chi connectivity index (χ0v) is 14.5. The van der Waals surface area contributed by atoms with Crippen molar-refractivity contribution in [2.75, 3.05) is 37.5 Å². The molecule has 2 heterocycles. The summed E-state index contributed by atoms with van der Waals surface area (Å²) in [6.45, 7) is 1.53. The molecule has 0 fully saturated rings. The van der Waals surface area contributed by atoms with Gasteiger partial charge in [0.15, 0.2) is 16.7 Å². The summed E-state index contributed by atoms with van der Waals surface area (Å²) in [5.41, 5.74) is 12.0. The van der Waals surface area contributed by atoms with Crippen molar-refractivity contribution in [1.29, 1.82) is 0 Å². The van der Waals surface area contributed by atoms with E-state index in [-0.39, 0.29) is 23.6 Å². The van der Waals surface area contributed by atoms with Gasteiger partial charge < -0.3 is 25.8 Å². The van der Waals surface area contributed by atoms with Gasteiger partial charge in [-0.1, -0.05) is 17.8 Å². The van der Waals surface area contributed by atoms with Crippen molar-refractivity contribution in [3.05, 3.63) is 23.8 Å². The summed E-state index contributed by atoms with van der Waals surface area (Å²) in [5.74, 6) is 1.60. The highest BCUT2D eigenvalue weighted by Crippen LogP contribution is 2.31. The topological polar surface area (TPSA) is 129 Å². The van der Waals surface area contributed by atoms with Gasteiger partial charge in [0.2, 0.25) is 17.8 Å². The van der Waals surface area contributed by atoms with Gasteiger partial charge in [-0.2, -0.15) is 15.0 Å². The maximum absolute atomic E-state index is 12.3. The lowest BCUT2D eigenvalue weighted by atomic mass is 10.2. The van der Waals surface area contributed by atoms with Crippen molar-refractivity contribution in [3.63, 3.8) is 0 Å². The normalized spacial score (nSPS) is 12.7. The van der Waals surface area contributed by atoms with Crippen molar-refractivity contribution in [1.82, 2.24) is 19.9 Å². The minimum atomic E-state index is -0.0718. The van der Waals surface area contributed by atoms with Crippen molar-refractivity contribution >= 4 is 29.6 Å². The molecular weight excluding hydrogens is 344 g/mol. The molecule has 1 amide bonds. The molecule has 1 aromatic heterocycles. The third kappa shape index (κ3) is 4.41. The molecule has 0 unspecified atom stereocenters. The van der Waals surface area contributed by atoms with Crippen molar-refractivity contribution in [3.8, 4) is 11.5 Å². The SMILES string of the molecule is CN(Cc1ccc2c(c1)OCCO2)C(=O)CSc1nc(N)nc(N)n1. The molecule has 0 bridgehead atoms. The highest BCUT2D eigenvalue weighted by atomic mass is 32.2. The summed E-state index contributed by atoms with van der Waals surface area (Å²) in [4.78, 5) is 25.5. The summed E-state index contributed by atoms with van der Waals surface area (Å²) in [6, 6.07) is 5.66. The molecule has 0 aliphatic carbocycles. The predicted molar refractivity (Wildman–Crippen MR) is 93.3 cm³/mol. The van der Waals surface area contributed by atoms with Crippen LogP contribution in [0.3, 0.4) is 0 Å². The number of ether oxygens (including phenoxy) is 2. The number of nitrogen functional groups attached to an aromatic ring is 2. The van der Waals surface area contributed by atoms with E-state index in [0.717, 1.165) is 23.1 Å². The van der Waals surface area contributed by atoms with Crippen LogP contribution in [0.15, 0.2) is 23.4 Å². The Hall–Kier alpha value is -2.75. The lowest BCUT2D eigenvalue weighted by Crippen LogP contribution is -2.28. The first-order valence-electron chi connectivity index (χ1n) is 7.53. The van der Waals surface area contributed by atoms with E-state index in [2.05, 4.69) is 15.0 Å². The molecule has 4 N–H and O–H groups in total. The molecule has 0 radical (unpaired) electrons. The fourth-order valence-corrected chi connectivity index (χ4v) is 3.03. The first-order valence-corrected chi connectivity index (χ1v) is 8.52. The Morgan fingerprint density at radius 1 is 1.16 bits per heavy atom. The van der Waals surface area contributed by atoms with E-state index in [9.17, 15) is 4.79 Å². The van der Waals surface area contributed by atoms with Gasteiger partial charge >= 0.3 is 0 Å². The van der Waals surface area contributed by atoms with Crippen LogP contribution in [0, 0.1) is 0 Å². The maximum Gasteiger partial charge on any atom is 0.233 e. The van der Waals surface area contributed by atoms with E-state index >= 15 is 0 Å². The monoisotopic (exact) mass is 362 g/mol. The average molecular weight is 362 g/mol. The Labute approximate surface area is 148 Å². The fraction of sp³-hybridized carbons (Fsp3) is 0.333. The molecule has 0 saturated carbocycles. The highest BCUT2D eigenvalue weighted by molar-refractivity contribution is 7.99. The quantitative estimate of drug-likeness (QED) is 0.733.